The fourth-order valence-electron chi connectivity index (χ4n) is 3.02. The Labute approximate surface area is 191 Å². The van der Waals surface area contributed by atoms with Crippen LogP contribution in [0, 0.1) is 5.82 Å². The third-order valence-electron chi connectivity index (χ3n) is 4.67. The number of benzene rings is 3. The highest BCUT2D eigenvalue weighted by Gasteiger charge is 2.29. The number of carbonyl (C=O) groups excluding carboxylic acids is 2. The highest BCUT2D eigenvalue weighted by Crippen LogP contribution is 2.15. The van der Waals surface area contributed by atoms with Crippen molar-refractivity contribution in [3.05, 3.63) is 102 Å². The van der Waals surface area contributed by atoms with E-state index < -0.39 is 45.3 Å². The van der Waals surface area contributed by atoms with E-state index in [2.05, 4.69) is 10.0 Å². The predicted molar refractivity (Wildman–Crippen MR) is 120 cm³/mol. The van der Waals surface area contributed by atoms with Gasteiger partial charge in [0.2, 0.25) is 10.0 Å². The largest absolute Gasteiger partial charge is 0.454 e. The van der Waals surface area contributed by atoms with Crippen molar-refractivity contribution in [1.29, 1.82) is 0 Å². The molecule has 172 valence electrons. The smallest absolute Gasteiger partial charge is 0.325 e. The summed E-state index contributed by atoms with van der Waals surface area (Å²) in [5.74, 6) is -2.44. The van der Waals surface area contributed by atoms with E-state index in [0.29, 0.717) is 5.56 Å². The number of rotatable bonds is 10. The normalized spacial score (nSPS) is 12.0. The summed E-state index contributed by atoms with van der Waals surface area (Å²) < 4.78 is 46.8. The van der Waals surface area contributed by atoms with Crippen molar-refractivity contribution in [2.75, 3.05) is 6.61 Å². The number of nitrogens with one attached hydrogen (secondary N) is 2. The van der Waals surface area contributed by atoms with Gasteiger partial charge in [-0.05, 0) is 29.7 Å². The van der Waals surface area contributed by atoms with Crippen molar-refractivity contribution in [2.45, 2.75) is 23.9 Å². The molecule has 0 aliphatic carbocycles. The van der Waals surface area contributed by atoms with Crippen LogP contribution in [0.3, 0.4) is 0 Å². The van der Waals surface area contributed by atoms with Crippen LogP contribution in [0.4, 0.5) is 4.39 Å². The molecule has 0 spiro atoms. The minimum Gasteiger partial charge on any atom is -0.454 e. The van der Waals surface area contributed by atoms with Gasteiger partial charge in [-0.2, -0.15) is 4.72 Å². The van der Waals surface area contributed by atoms with E-state index in [1.165, 1.54) is 12.1 Å². The van der Waals surface area contributed by atoms with Crippen LogP contribution in [-0.2, 0) is 37.3 Å². The second-order valence-electron chi connectivity index (χ2n) is 7.16. The molecule has 0 aliphatic heterocycles. The molecule has 3 rings (SSSR count). The van der Waals surface area contributed by atoms with E-state index in [1.807, 2.05) is 30.3 Å². The van der Waals surface area contributed by atoms with Crippen LogP contribution >= 0.6 is 0 Å². The van der Waals surface area contributed by atoms with Gasteiger partial charge in [0, 0.05) is 6.54 Å². The Morgan fingerprint density at radius 2 is 1.42 bits per heavy atom. The van der Waals surface area contributed by atoms with Crippen LogP contribution < -0.4 is 10.0 Å². The predicted octanol–water partition coefficient (Wildman–Crippen LogP) is 2.57. The Morgan fingerprint density at radius 1 is 0.848 bits per heavy atom. The van der Waals surface area contributed by atoms with Crippen molar-refractivity contribution < 1.29 is 27.1 Å². The first-order chi connectivity index (χ1) is 15.8. The zero-order valence-electron chi connectivity index (χ0n) is 17.6. The number of amides is 1. The van der Waals surface area contributed by atoms with Gasteiger partial charge in [-0.25, -0.2) is 12.8 Å². The molecule has 7 nitrogen and oxygen atoms in total. The van der Waals surface area contributed by atoms with E-state index in [4.69, 9.17) is 4.74 Å². The molecule has 2 N–H and O–H groups in total. The zero-order chi connectivity index (χ0) is 23.7. The van der Waals surface area contributed by atoms with Gasteiger partial charge in [-0.1, -0.05) is 72.8 Å². The van der Waals surface area contributed by atoms with Gasteiger partial charge in [-0.15, -0.1) is 0 Å². The summed E-state index contributed by atoms with van der Waals surface area (Å²) in [5, 5.41) is 2.62. The number of hydrogen-bond acceptors (Lipinski definition) is 5. The summed E-state index contributed by atoms with van der Waals surface area (Å²) in [7, 11) is -4.37. The highest BCUT2D eigenvalue weighted by molar-refractivity contribution is 7.89. The van der Waals surface area contributed by atoms with Crippen LogP contribution in [0.5, 0.6) is 0 Å². The van der Waals surface area contributed by atoms with Crippen LogP contribution in [0.1, 0.15) is 11.1 Å². The lowest BCUT2D eigenvalue weighted by Crippen LogP contribution is -2.44. The van der Waals surface area contributed by atoms with Crippen molar-refractivity contribution in [3.8, 4) is 0 Å². The molecule has 0 fully saturated rings. The van der Waals surface area contributed by atoms with E-state index >= 15 is 0 Å². The minimum absolute atomic E-state index is 0.0427. The molecule has 0 saturated heterocycles. The number of halogens is 1. The van der Waals surface area contributed by atoms with Gasteiger partial charge in [0.1, 0.15) is 16.8 Å². The molecule has 9 heteroatoms. The molecule has 0 heterocycles. The Balaban J connectivity index is 1.67. The average Bonchev–Trinajstić information content (AvgIpc) is 2.82. The first-order valence-corrected chi connectivity index (χ1v) is 11.6. The third-order valence-corrected chi connectivity index (χ3v) is 6.17. The van der Waals surface area contributed by atoms with Gasteiger partial charge >= 0.3 is 5.97 Å². The maximum Gasteiger partial charge on any atom is 0.325 e. The monoisotopic (exact) mass is 470 g/mol. The first kappa shape index (κ1) is 24.1. The Bertz CT molecular complexity index is 1190. The average molecular weight is 471 g/mol. The molecular formula is C24H23FN2O5S. The molecule has 3 aromatic rings. The molecule has 0 aromatic heterocycles. The second-order valence-corrected chi connectivity index (χ2v) is 8.85. The zero-order valence-corrected chi connectivity index (χ0v) is 18.4. The fraction of sp³-hybridized carbons (Fsp3) is 0.167. The molecule has 3 aromatic carbocycles. The van der Waals surface area contributed by atoms with Crippen LogP contribution in [0.25, 0.3) is 0 Å². The van der Waals surface area contributed by atoms with Crippen molar-refractivity contribution >= 4 is 21.9 Å². The lowest BCUT2D eigenvalue weighted by molar-refractivity contribution is -0.150. The Kier molecular flexibility index (Phi) is 8.28. The number of carbonyl (C=O) groups is 2. The second kappa shape index (κ2) is 11.3. The quantitative estimate of drug-likeness (QED) is 0.444. The highest BCUT2D eigenvalue weighted by atomic mass is 32.2. The van der Waals surface area contributed by atoms with E-state index in [1.54, 1.807) is 30.3 Å². The van der Waals surface area contributed by atoms with Gasteiger partial charge in [0.05, 0.1) is 0 Å². The van der Waals surface area contributed by atoms with Crippen LogP contribution in [0.15, 0.2) is 89.8 Å². The molecule has 33 heavy (non-hydrogen) atoms. The van der Waals surface area contributed by atoms with Gasteiger partial charge in [-0.3, -0.25) is 9.59 Å². The molecule has 0 aliphatic rings. The van der Waals surface area contributed by atoms with Crippen LogP contribution in [0.2, 0.25) is 0 Å². The summed E-state index contributed by atoms with van der Waals surface area (Å²) in [6.45, 7) is -0.330. The van der Waals surface area contributed by atoms with Gasteiger partial charge in [0.25, 0.3) is 5.91 Å². The maximum absolute atomic E-state index is 14.1. The van der Waals surface area contributed by atoms with E-state index in [-0.39, 0.29) is 13.0 Å². The van der Waals surface area contributed by atoms with Crippen LogP contribution in [-0.4, -0.2) is 32.9 Å². The lowest BCUT2D eigenvalue weighted by Gasteiger charge is -2.18. The fourth-order valence-corrected chi connectivity index (χ4v) is 4.28. The first-order valence-electron chi connectivity index (χ1n) is 10.1. The Morgan fingerprint density at radius 3 is 2.06 bits per heavy atom. The molecule has 1 unspecified atom stereocenters. The summed E-state index contributed by atoms with van der Waals surface area (Å²) in [4.78, 5) is 24.2. The molecule has 0 bridgehead atoms. The molecule has 1 atom stereocenters. The van der Waals surface area contributed by atoms with Crippen molar-refractivity contribution in [2.24, 2.45) is 0 Å². The molecular weight excluding hydrogens is 447 g/mol. The molecule has 0 saturated carbocycles. The third kappa shape index (κ3) is 7.23. The van der Waals surface area contributed by atoms with E-state index in [9.17, 15) is 22.4 Å². The van der Waals surface area contributed by atoms with Gasteiger partial charge in [0.15, 0.2) is 6.61 Å². The summed E-state index contributed by atoms with van der Waals surface area (Å²) in [6.07, 6.45) is -0.0427. The van der Waals surface area contributed by atoms with Crippen molar-refractivity contribution in [1.82, 2.24) is 10.0 Å². The Hall–Kier alpha value is -3.56. The number of ether oxygens (including phenoxy) is 1. The summed E-state index contributed by atoms with van der Waals surface area (Å²) in [5.41, 5.74) is 1.53. The van der Waals surface area contributed by atoms with Crippen molar-refractivity contribution in [3.63, 3.8) is 0 Å². The topological polar surface area (TPSA) is 102 Å². The molecule has 0 radical (unpaired) electrons. The SMILES string of the molecule is O=C(COC(=O)C(Cc1ccccc1)NS(=O)(=O)c1ccccc1F)NCc1ccccc1. The lowest BCUT2D eigenvalue weighted by atomic mass is 10.1. The number of sulfonamides is 1. The van der Waals surface area contributed by atoms with E-state index in [0.717, 1.165) is 17.7 Å². The van der Waals surface area contributed by atoms with Gasteiger partial charge < -0.3 is 10.1 Å². The summed E-state index contributed by atoms with van der Waals surface area (Å²) in [6, 6.07) is 21.3. The molecule has 1 amide bonds. The maximum atomic E-state index is 14.1. The number of hydrogen-bond donors (Lipinski definition) is 2. The number of esters is 1. The minimum atomic E-state index is -4.37. The summed E-state index contributed by atoms with van der Waals surface area (Å²) >= 11 is 0. The standard InChI is InChI=1S/C24H23FN2O5S/c25-20-13-7-8-14-22(20)33(30,31)27-21(15-18-9-3-1-4-10-18)24(29)32-17-23(28)26-16-19-11-5-2-6-12-19/h1-14,21,27H,15-17H2,(H,26,28).